The zero-order chi connectivity index (χ0) is 28.0. The third kappa shape index (κ3) is 4.78. The Morgan fingerprint density at radius 2 is 1.65 bits per heavy atom. The number of fused-ring (bicyclic) bond motifs is 1. The third-order valence-electron chi connectivity index (χ3n) is 7.89. The first kappa shape index (κ1) is 26.5. The summed E-state index contributed by atoms with van der Waals surface area (Å²) in [5.41, 5.74) is 6.18. The predicted molar refractivity (Wildman–Crippen MR) is 165 cm³/mol. The number of carbonyl (C=O) groups is 2. The number of allylic oxidation sites excluding steroid dienone is 1. The number of nitrogens with one attached hydrogen (secondary N) is 1. The molecule has 202 valence electrons. The quantitative estimate of drug-likeness (QED) is 0.269. The number of hydrogen-bond donors (Lipinski definition) is 1. The predicted octanol–water partition coefficient (Wildman–Crippen LogP) is 8.91. The van der Waals surface area contributed by atoms with Crippen LogP contribution >= 0.6 is 22.9 Å². The van der Waals surface area contributed by atoms with Crippen LogP contribution in [0.15, 0.2) is 102 Å². The van der Waals surface area contributed by atoms with Crippen LogP contribution in [0.3, 0.4) is 0 Å². The molecule has 0 bridgehead atoms. The number of para-hydroxylation sites is 2. The van der Waals surface area contributed by atoms with Crippen LogP contribution in [0.25, 0.3) is 0 Å². The lowest BCUT2D eigenvalue weighted by Crippen LogP contribution is -2.38. The number of amides is 1. The first-order chi connectivity index (χ1) is 19.2. The first-order valence-corrected chi connectivity index (χ1v) is 14.8. The van der Waals surface area contributed by atoms with Gasteiger partial charge in [-0.3, -0.25) is 14.5 Å². The molecule has 4 aromatic rings. The fourth-order valence-corrected chi connectivity index (χ4v) is 6.71. The van der Waals surface area contributed by atoms with E-state index in [4.69, 9.17) is 11.6 Å². The molecule has 1 N–H and O–H groups in total. The van der Waals surface area contributed by atoms with Gasteiger partial charge in [-0.2, -0.15) is 0 Å². The van der Waals surface area contributed by atoms with Crippen molar-refractivity contribution in [2.45, 2.75) is 51.0 Å². The number of benzene rings is 3. The molecule has 0 saturated heterocycles. The summed E-state index contributed by atoms with van der Waals surface area (Å²) in [6.45, 7) is 6.61. The largest absolute Gasteiger partial charge is 0.357 e. The van der Waals surface area contributed by atoms with Crippen LogP contribution in [0.2, 0.25) is 5.02 Å². The molecular formula is C34H31ClN2O2S. The Hall–Kier alpha value is -3.67. The van der Waals surface area contributed by atoms with E-state index < -0.39 is 6.04 Å². The molecule has 2 atom stereocenters. The summed E-state index contributed by atoms with van der Waals surface area (Å²) in [5, 5.41) is 6.02. The number of rotatable bonds is 3. The van der Waals surface area contributed by atoms with Gasteiger partial charge < -0.3 is 5.32 Å². The topological polar surface area (TPSA) is 49.4 Å². The van der Waals surface area contributed by atoms with Crippen LogP contribution in [-0.2, 0) is 10.2 Å². The highest BCUT2D eigenvalue weighted by atomic mass is 35.5. The van der Waals surface area contributed by atoms with Crippen molar-refractivity contribution in [2.75, 3.05) is 10.2 Å². The second-order valence-electron chi connectivity index (χ2n) is 11.5. The van der Waals surface area contributed by atoms with Gasteiger partial charge in [0.25, 0.3) is 5.91 Å². The van der Waals surface area contributed by atoms with Gasteiger partial charge in [-0.1, -0.05) is 93.0 Å². The van der Waals surface area contributed by atoms with Gasteiger partial charge in [-0.25, -0.2) is 0 Å². The standard InChI is InChI=1S/C34H31ClN2O2S/c1-34(2,3)23-16-14-21(15-17-23)22-19-27-31(29(38)20-22)32(24-9-4-5-10-25(24)35)37(33(39)30-13-8-18-40-30)28-12-7-6-11-26(28)36-27/h4-18,22,32,36H,19-20H2,1-3H3/t22-,32-/m1/s1. The lowest BCUT2D eigenvalue weighted by Gasteiger charge is -2.35. The van der Waals surface area contributed by atoms with Crippen molar-refractivity contribution >= 4 is 46.0 Å². The lowest BCUT2D eigenvalue weighted by atomic mass is 9.77. The molecule has 1 amide bonds. The number of hydrogen-bond acceptors (Lipinski definition) is 4. The molecule has 40 heavy (non-hydrogen) atoms. The van der Waals surface area contributed by atoms with Crippen LogP contribution in [0.1, 0.15) is 71.9 Å². The van der Waals surface area contributed by atoms with E-state index in [-0.39, 0.29) is 23.0 Å². The Bertz CT molecular complexity index is 1620. The van der Waals surface area contributed by atoms with Crippen molar-refractivity contribution in [3.05, 3.63) is 128 Å². The van der Waals surface area contributed by atoms with E-state index in [0.717, 1.165) is 28.2 Å². The first-order valence-electron chi connectivity index (χ1n) is 13.6. The van der Waals surface area contributed by atoms with Crippen LogP contribution in [0.4, 0.5) is 11.4 Å². The molecule has 6 rings (SSSR count). The van der Waals surface area contributed by atoms with E-state index in [9.17, 15) is 9.59 Å². The van der Waals surface area contributed by atoms with E-state index in [1.807, 2.05) is 66.0 Å². The zero-order valence-electron chi connectivity index (χ0n) is 22.8. The van der Waals surface area contributed by atoms with Gasteiger partial charge in [0, 0.05) is 22.7 Å². The summed E-state index contributed by atoms with van der Waals surface area (Å²) in [6.07, 6.45) is 1.03. The van der Waals surface area contributed by atoms with E-state index >= 15 is 0 Å². The molecule has 2 heterocycles. The molecular weight excluding hydrogens is 536 g/mol. The number of anilines is 2. The maximum Gasteiger partial charge on any atom is 0.269 e. The van der Waals surface area contributed by atoms with Crippen molar-refractivity contribution in [3.63, 3.8) is 0 Å². The summed E-state index contributed by atoms with van der Waals surface area (Å²) in [4.78, 5) is 30.8. The minimum absolute atomic E-state index is 0.0281. The van der Waals surface area contributed by atoms with Crippen LogP contribution < -0.4 is 10.2 Å². The van der Waals surface area contributed by atoms with Gasteiger partial charge >= 0.3 is 0 Å². The molecule has 2 aliphatic rings. The number of thiophene rings is 1. The summed E-state index contributed by atoms with van der Waals surface area (Å²) in [7, 11) is 0. The number of halogens is 1. The van der Waals surface area contributed by atoms with Gasteiger partial charge in [0.15, 0.2) is 5.78 Å². The molecule has 4 nitrogen and oxygen atoms in total. The van der Waals surface area contributed by atoms with Crippen LogP contribution in [-0.4, -0.2) is 11.7 Å². The average Bonchev–Trinajstić information content (AvgIpc) is 3.43. The Morgan fingerprint density at radius 1 is 0.925 bits per heavy atom. The third-order valence-corrected chi connectivity index (χ3v) is 9.09. The Balaban J connectivity index is 1.51. The Labute approximate surface area is 244 Å². The van der Waals surface area contributed by atoms with E-state index in [1.54, 1.807) is 4.90 Å². The number of Topliss-reactive ketones (excluding diaryl/α,β-unsaturated/α-hetero) is 1. The van der Waals surface area contributed by atoms with Gasteiger partial charge in [0.2, 0.25) is 0 Å². The molecule has 1 aromatic heterocycles. The number of carbonyl (C=O) groups excluding carboxylic acids is 2. The van der Waals surface area contributed by atoms with Gasteiger partial charge in [0.1, 0.15) is 0 Å². The molecule has 0 saturated carbocycles. The minimum Gasteiger partial charge on any atom is -0.357 e. The summed E-state index contributed by atoms with van der Waals surface area (Å²) in [6, 6.07) is 27.0. The monoisotopic (exact) mass is 566 g/mol. The summed E-state index contributed by atoms with van der Waals surface area (Å²) < 4.78 is 0. The fourth-order valence-electron chi connectivity index (χ4n) is 5.81. The van der Waals surface area contributed by atoms with Crippen LogP contribution in [0.5, 0.6) is 0 Å². The van der Waals surface area contributed by atoms with E-state index in [2.05, 4.69) is 50.4 Å². The summed E-state index contributed by atoms with van der Waals surface area (Å²) >= 11 is 8.19. The van der Waals surface area contributed by atoms with Crippen molar-refractivity contribution in [2.24, 2.45) is 0 Å². The minimum atomic E-state index is -0.661. The molecule has 3 aromatic carbocycles. The highest BCUT2D eigenvalue weighted by Crippen LogP contribution is 2.49. The fraction of sp³-hybridized carbons (Fsp3) is 0.235. The molecule has 1 aliphatic carbocycles. The average molecular weight is 567 g/mol. The molecule has 0 unspecified atom stereocenters. The highest BCUT2D eigenvalue weighted by Gasteiger charge is 2.42. The maximum atomic E-state index is 14.2. The molecule has 0 fully saturated rings. The summed E-state index contributed by atoms with van der Waals surface area (Å²) in [5.74, 6) is -0.0951. The van der Waals surface area contributed by atoms with Crippen molar-refractivity contribution in [1.82, 2.24) is 0 Å². The molecule has 0 spiro atoms. The SMILES string of the molecule is CC(C)(C)c1ccc([C@H]2CC(=O)C3=C(C2)Nc2ccccc2N(C(=O)c2cccs2)[C@@H]3c2ccccc2Cl)cc1. The van der Waals surface area contributed by atoms with E-state index in [0.29, 0.717) is 28.3 Å². The van der Waals surface area contributed by atoms with Crippen LogP contribution in [0, 0.1) is 0 Å². The highest BCUT2D eigenvalue weighted by molar-refractivity contribution is 7.12. The Morgan fingerprint density at radius 3 is 2.35 bits per heavy atom. The second kappa shape index (κ2) is 10.4. The number of nitrogens with zero attached hydrogens (tertiary/aromatic N) is 1. The number of ketones is 1. The molecule has 6 heteroatoms. The normalized spacial score (nSPS) is 19.0. The molecule has 0 radical (unpaired) electrons. The second-order valence-corrected chi connectivity index (χ2v) is 12.9. The van der Waals surface area contributed by atoms with Crippen molar-refractivity contribution in [1.29, 1.82) is 0 Å². The molecule has 1 aliphatic heterocycles. The smallest absolute Gasteiger partial charge is 0.269 e. The zero-order valence-corrected chi connectivity index (χ0v) is 24.4. The van der Waals surface area contributed by atoms with Gasteiger partial charge in [-0.05, 0) is 64.1 Å². The van der Waals surface area contributed by atoms with Crippen molar-refractivity contribution in [3.8, 4) is 0 Å². The van der Waals surface area contributed by atoms with E-state index in [1.165, 1.54) is 16.9 Å². The maximum absolute atomic E-state index is 14.2. The van der Waals surface area contributed by atoms with Gasteiger partial charge in [0.05, 0.1) is 22.3 Å². The lowest BCUT2D eigenvalue weighted by molar-refractivity contribution is -0.116. The van der Waals surface area contributed by atoms with Crippen molar-refractivity contribution < 1.29 is 9.59 Å². The van der Waals surface area contributed by atoms with Gasteiger partial charge in [-0.15, -0.1) is 11.3 Å². The Kier molecular flexibility index (Phi) is 6.89.